The average molecular weight is 377 g/mol. The highest BCUT2D eigenvalue weighted by molar-refractivity contribution is 6.31. The molecule has 4 nitrogen and oxygen atoms in total. The molecule has 1 heterocycles. The molecule has 0 aliphatic carbocycles. The lowest BCUT2D eigenvalue weighted by atomic mass is 9.66. The Morgan fingerprint density at radius 3 is 2.60 bits per heavy atom. The van der Waals surface area contributed by atoms with E-state index in [1.807, 2.05) is 18.2 Å². The van der Waals surface area contributed by atoms with Crippen molar-refractivity contribution in [1.29, 1.82) is 0 Å². The van der Waals surface area contributed by atoms with Crippen LogP contribution in [0.1, 0.15) is 29.9 Å². The highest BCUT2D eigenvalue weighted by Gasteiger charge is 2.44. The molecule has 0 spiro atoms. The van der Waals surface area contributed by atoms with E-state index in [0.717, 1.165) is 11.8 Å². The van der Waals surface area contributed by atoms with Gasteiger partial charge in [0.15, 0.2) is 0 Å². The SMILES string of the molecule is Nc1cc(Cl)ccc1[C@@]1(C=O)CCC(=O)NC[C@H]1c1cccc(Cl)c1. The van der Waals surface area contributed by atoms with Crippen LogP contribution in [0.4, 0.5) is 5.69 Å². The lowest BCUT2D eigenvalue weighted by molar-refractivity contribution is -0.120. The summed E-state index contributed by atoms with van der Waals surface area (Å²) in [6, 6.07) is 12.5. The second-order valence-corrected chi connectivity index (χ2v) is 7.17. The zero-order valence-electron chi connectivity index (χ0n) is 13.5. The summed E-state index contributed by atoms with van der Waals surface area (Å²) in [6.45, 7) is 0.333. The Hall–Kier alpha value is -2.04. The first-order valence-corrected chi connectivity index (χ1v) is 8.76. The third kappa shape index (κ3) is 3.37. The van der Waals surface area contributed by atoms with Gasteiger partial charge >= 0.3 is 0 Å². The minimum Gasteiger partial charge on any atom is -0.398 e. The predicted octanol–water partition coefficient (Wildman–Crippen LogP) is 3.71. The molecule has 25 heavy (non-hydrogen) atoms. The number of amides is 1. The maximum absolute atomic E-state index is 12.4. The Labute approximate surface area is 156 Å². The van der Waals surface area contributed by atoms with Gasteiger partial charge in [-0.1, -0.05) is 41.4 Å². The van der Waals surface area contributed by atoms with Gasteiger partial charge in [-0.15, -0.1) is 0 Å². The summed E-state index contributed by atoms with van der Waals surface area (Å²) in [6.07, 6.45) is 1.53. The van der Waals surface area contributed by atoms with Gasteiger partial charge in [0.2, 0.25) is 5.91 Å². The number of hydrogen-bond donors (Lipinski definition) is 2. The Morgan fingerprint density at radius 2 is 1.92 bits per heavy atom. The van der Waals surface area contributed by atoms with Crippen LogP contribution in [0.25, 0.3) is 0 Å². The van der Waals surface area contributed by atoms with E-state index >= 15 is 0 Å². The van der Waals surface area contributed by atoms with E-state index in [1.54, 1.807) is 24.3 Å². The summed E-state index contributed by atoms with van der Waals surface area (Å²) in [7, 11) is 0. The number of carbonyl (C=O) groups excluding carboxylic acids is 2. The van der Waals surface area contributed by atoms with Crippen LogP contribution in [0.2, 0.25) is 10.0 Å². The van der Waals surface area contributed by atoms with Crippen LogP contribution in [0.3, 0.4) is 0 Å². The third-order valence-corrected chi connectivity index (χ3v) is 5.34. The number of hydrogen-bond acceptors (Lipinski definition) is 3. The topological polar surface area (TPSA) is 72.2 Å². The molecule has 2 aromatic rings. The maximum atomic E-state index is 12.4. The number of nitrogens with two attached hydrogens (primary N) is 1. The van der Waals surface area contributed by atoms with E-state index in [0.29, 0.717) is 34.3 Å². The van der Waals surface area contributed by atoms with Crippen molar-refractivity contribution in [3.05, 3.63) is 63.6 Å². The van der Waals surface area contributed by atoms with Crippen LogP contribution in [-0.2, 0) is 15.0 Å². The number of aldehydes is 1. The molecule has 1 amide bonds. The maximum Gasteiger partial charge on any atom is 0.220 e. The smallest absolute Gasteiger partial charge is 0.220 e. The number of carbonyl (C=O) groups is 2. The molecule has 3 rings (SSSR count). The van der Waals surface area contributed by atoms with Gasteiger partial charge in [0.25, 0.3) is 0 Å². The first kappa shape index (κ1) is 17.8. The molecule has 1 aliphatic rings. The Morgan fingerprint density at radius 1 is 1.16 bits per heavy atom. The largest absolute Gasteiger partial charge is 0.398 e. The molecule has 1 saturated heterocycles. The van der Waals surface area contributed by atoms with Crippen LogP contribution in [-0.4, -0.2) is 18.7 Å². The summed E-state index contributed by atoms with van der Waals surface area (Å²) in [5.74, 6) is -0.359. The number of anilines is 1. The molecule has 1 aliphatic heterocycles. The van der Waals surface area contributed by atoms with E-state index in [1.165, 1.54) is 0 Å². The number of benzene rings is 2. The molecule has 0 saturated carbocycles. The minimum absolute atomic E-state index is 0.0803. The van der Waals surface area contributed by atoms with Gasteiger partial charge in [-0.2, -0.15) is 0 Å². The summed E-state index contributed by atoms with van der Waals surface area (Å²) in [5, 5.41) is 3.98. The third-order valence-electron chi connectivity index (χ3n) is 4.87. The van der Waals surface area contributed by atoms with Gasteiger partial charge in [-0.25, -0.2) is 0 Å². The van der Waals surface area contributed by atoms with Crippen molar-refractivity contribution in [2.45, 2.75) is 24.2 Å². The molecule has 6 heteroatoms. The second-order valence-electron chi connectivity index (χ2n) is 6.30. The summed E-state index contributed by atoms with van der Waals surface area (Å²) in [5.41, 5.74) is 7.28. The van der Waals surface area contributed by atoms with Crippen LogP contribution in [0, 0.1) is 0 Å². The second kappa shape index (κ2) is 7.06. The molecule has 2 atom stereocenters. The molecule has 0 radical (unpaired) electrons. The van der Waals surface area contributed by atoms with Crippen LogP contribution in [0.15, 0.2) is 42.5 Å². The van der Waals surface area contributed by atoms with Gasteiger partial charge in [0.1, 0.15) is 6.29 Å². The van der Waals surface area contributed by atoms with Crippen molar-refractivity contribution in [2.24, 2.45) is 0 Å². The molecular weight excluding hydrogens is 359 g/mol. The van der Waals surface area contributed by atoms with Gasteiger partial charge in [0.05, 0.1) is 5.41 Å². The van der Waals surface area contributed by atoms with Crippen molar-refractivity contribution in [1.82, 2.24) is 5.32 Å². The fourth-order valence-electron chi connectivity index (χ4n) is 3.60. The molecule has 0 bridgehead atoms. The van der Waals surface area contributed by atoms with E-state index in [9.17, 15) is 9.59 Å². The number of halogens is 2. The van der Waals surface area contributed by atoms with Crippen molar-refractivity contribution in [2.75, 3.05) is 12.3 Å². The van der Waals surface area contributed by atoms with Gasteiger partial charge < -0.3 is 15.8 Å². The van der Waals surface area contributed by atoms with E-state index < -0.39 is 5.41 Å². The molecule has 0 unspecified atom stereocenters. The normalized spacial score (nSPS) is 23.6. The van der Waals surface area contributed by atoms with E-state index in [-0.39, 0.29) is 18.2 Å². The molecule has 1 fully saturated rings. The van der Waals surface area contributed by atoms with Crippen LogP contribution in [0.5, 0.6) is 0 Å². The molecule has 130 valence electrons. The monoisotopic (exact) mass is 376 g/mol. The Balaban J connectivity index is 2.20. The molecule has 2 aromatic carbocycles. The first-order valence-electron chi connectivity index (χ1n) is 8.00. The van der Waals surface area contributed by atoms with E-state index in [2.05, 4.69) is 5.32 Å². The molecule has 0 aromatic heterocycles. The van der Waals surface area contributed by atoms with Crippen molar-refractivity contribution >= 4 is 41.1 Å². The summed E-state index contributed by atoms with van der Waals surface area (Å²) >= 11 is 12.2. The van der Waals surface area contributed by atoms with Gasteiger partial charge in [-0.05, 0) is 41.8 Å². The van der Waals surface area contributed by atoms with Crippen LogP contribution < -0.4 is 11.1 Å². The molecular formula is C19H18Cl2N2O2. The predicted molar refractivity (Wildman–Crippen MR) is 100 cm³/mol. The first-order chi connectivity index (χ1) is 12.0. The number of nitrogens with one attached hydrogen (secondary N) is 1. The average Bonchev–Trinajstić information content (AvgIpc) is 2.75. The Kier molecular flexibility index (Phi) is 5.02. The van der Waals surface area contributed by atoms with Gasteiger partial charge in [0, 0.05) is 34.6 Å². The summed E-state index contributed by atoms with van der Waals surface area (Å²) in [4.78, 5) is 24.4. The number of rotatable bonds is 3. The highest BCUT2D eigenvalue weighted by Crippen LogP contribution is 2.45. The summed E-state index contributed by atoms with van der Waals surface area (Å²) < 4.78 is 0. The highest BCUT2D eigenvalue weighted by atomic mass is 35.5. The lowest BCUT2D eigenvalue weighted by Gasteiger charge is -2.36. The fraction of sp³-hybridized carbons (Fsp3) is 0.263. The standard InChI is InChI=1S/C19H18Cl2N2O2/c20-13-3-1-2-12(8-13)16-10-23-18(25)6-7-19(16,11-24)15-5-4-14(21)9-17(15)22/h1-5,8-9,11,16H,6-7,10,22H2,(H,23,25)/t16-,19-/m0/s1. The quantitative estimate of drug-likeness (QED) is 0.633. The van der Waals surface area contributed by atoms with Crippen LogP contribution >= 0.6 is 23.2 Å². The lowest BCUT2D eigenvalue weighted by Crippen LogP contribution is -2.39. The zero-order chi connectivity index (χ0) is 18.0. The van der Waals surface area contributed by atoms with E-state index in [4.69, 9.17) is 28.9 Å². The number of nitrogen functional groups attached to an aromatic ring is 1. The van der Waals surface area contributed by atoms with Crippen molar-refractivity contribution < 1.29 is 9.59 Å². The van der Waals surface area contributed by atoms with Crippen molar-refractivity contribution in [3.8, 4) is 0 Å². The zero-order valence-corrected chi connectivity index (χ0v) is 15.0. The molecule has 3 N–H and O–H groups in total. The fourth-order valence-corrected chi connectivity index (χ4v) is 3.98. The minimum atomic E-state index is -0.932. The van der Waals surface area contributed by atoms with Gasteiger partial charge in [-0.3, -0.25) is 4.79 Å². The Bertz CT molecular complexity index is 825. The van der Waals surface area contributed by atoms with Crippen molar-refractivity contribution in [3.63, 3.8) is 0 Å².